The van der Waals surface area contributed by atoms with E-state index in [-0.39, 0.29) is 30.9 Å². The van der Waals surface area contributed by atoms with E-state index in [1.165, 1.54) is 0 Å². The first-order chi connectivity index (χ1) is 15.5. The minimum absolute atomic E-state index is 0.240. The van der Waals surface area contributed by atoms with Gasteiger partial charge in [0.2, 0.25) is 5.88 Å². The summed E-state index contributed by atoms with van der Waals surface area (Å²) >= 11 is 8.02. The van der Waals surface area contributed by atoms with Crippen LogP contribution in [-0.2, 0) is 16.1 Å². The number of imidazole rings is 1. The Morgan fingerprint density at radius 2 is 1.97 bits per heavy atom. The van der Waals surface area contributed by atoms with Crippen LogP contribution >= 0.6 is 23.5 Å². The number of benzene rings is 1. The summed E-state index contributed by atoms with van der Waals surface area (Å²) in [6.07, 6.45) is -1.69. The van der Waals surface area contributed by atoms with E-state index in [1.54, 1.807) is 18.0 Å². The molecule has 2 aliphatic heterocycles. The van der Waals surface area contributed by atoms with Crippen LogP contribution in [0.3, 0.4) is 0 Å². The molecule has 0 aliphatic carbocycles. The summed E-state index contributed by atoms with van der Waals surface area (Å²) in [6, 6.07) is 10.1. The molecule has 2 N–H and O–H groups in total. The Kier molecular flexibility index (Phi) is 6.15. The van der Waals surface area contributed by atoms with Gasteiger partial charge >= 0.3 is 0 Å². The van der Waals surface area contributed by atoms with Gasteiger partial charge in [-0.05, 0) is 49.8 Å². The summed E-state index contributed by atoms with van der Waals surface area (Å²) in [7, 11) is 4.00. The molecule has 0 amide bonds. The van der Waals surface area contributed by atoms with Crippen LogP contribution in [0.25, 0.3) is 11.2 Å². The van der Waals surface area contributed by atoms with Crippen LogP contribution < -0.4 is 9.47 Å². The van der Waals surface area contributed by atoms with Crippen LogP contribution in [0.15, 0.2) is 35.2 Å². The lowest BCUT2D eigenvalue weighted by atomic mass is 10.1. The summed E-state index contributed by atoms with van der Waals surface area (Å²) in [4.78, 5) is 13.0. The van der Waals surface area contributed by atoms with Gasteiger partial charge in [0.25, 0.3) is 6.01 Å². The number of fused-ring (bicyclic) bond motifs is 2. The van der Waals surface area contributed by atoms with Gasteiger partial charge in [0.1, 0.15) is 29.9 Å². The summed E-state index contributed by atoms with van der Waals surface area (Å²) in [5.41, 5.74) is 2.07. The number of aliphatic hydroxyl groups is 1. The predicted molar refractivity (Wildman–Crippen MR) is 119 cm³/mol. The fourth-order valence-corrected chi connectivity index (χ4v) is 4.62. The van der Waals surface area contributed by atoms with Gasteiger partial charge in [-0.3, -0.25) is 4.31 Å². The number of halogens is 1. The van der Waals surface area contributed by atoms with E-state index in [2.05, 4.69) is 15.0 Å². The van der Waals surface area contributed by atoms with Gasteiger partial charge in [-0.15, -0.1) is 0 Å². The maximum atomic E-state index is 9.87. The number of hydrogen-bond acceptors (Lipinski definition) is 9. The lowest BCUT2D eigenvalue weighted by molar-refractivity contribution is 0.00706. The highest BCUT2D eigenvalue weighted by Gasteiger charge is 2.48. The number of ether oxygens (including phenoxy) is 4. The second-order valence-electron chi connectivity index (χ2n) is 7.84. The number of aromatic nitrogens is 3. The van der Waals surface area contributed by atoms with Crippen molar-refractivity contribution >= 4 is 34.7 Å². The minimum atomic E-state index is -0.632. The molecular formula is C21H23ClN4O5S. The average Bonchev–Trinajstić information content (AvgIpc) is 3.44. The highest BCUT2D eigenvalue weighted by molar-refractivity contribution is 7.97. The second kappa shape index (κ2) is 9.05. The molecule has 1 aromatic carbocycles. The lowest BCUT2D eigenvalue weighted by Gasteiger charge is -2.15. The lowest BCUT2D eigenvalue weighted by Crippen LogP contribution is -2.34. The van der Waals surface area contributed by atoms with Crippen LogP contribution in [0, 0.1) is 0 Å². The fraction of sp³-hybridized carbons (Fsp3) is 0.429. The van der Waals surface area contributed by atoms with Gasteiger partial charge in [-0.2, -0.15) is 9.97 Å². The Bertz CT molecular complexity index is 1100. The molecule has 2 fully saturated rings. The van der Waals surface area contributed by atoms with E-state index < -0.39 is 6.10 Å². The first-order valence-corrected chi connectivity index (χ1v) is 11.3. The Morgan fingerprint density at radius 3 is 2.75 bits per heavy atom. The normalized spacial score (nSPS) is 24.9. The van der Waals surface area contributed by atoms with Crippen molar-refractivity contribution in [2.75, 3.05) is 27.3 Å². The van der Waals surface area contributed by atoms with E-state index in [1.807, 2.05) is 42.7 Å². The zero-order chi connectivity index (χ0) is 22.2. The molecule has 170 valence electrons. The summed E-state index contributed by atoms with van der Waals surface area (Å²) in [5, 5.41) is 10.2. The van der Waals surface area contributed by atoms with Crippen molar-refractivity contribution in [3.05, 3.63) is 40.9 Å². The molecule has 0 spiro atoms. The molecular weight excluding hydrogens is 456 g/mol. The van der Waals surface area contributed by atoms with Gasteiger partial charge in [0, 0.05) is 4.90 Å². The Morgan fingerprint density at radius 1 is 1.19 bits per heavy atom. The Labute approximate surface area is 194 Å². The van der Waals surface area contributed by atoms with E-state index in [9.17, 15) is 5.11 Å². The fourth-order valence-electron chi connectivity index (χ4n) is 3.73. The smallest absolute Gasteiger partial charge is 0.296 e. The maximum absolute atomic E-state index is 9.87. The van der Waals surface area contributed by atoms with Crippen molar-refractivity contribution in [2.45, 2.75) is 35.9 Å². The van der Waals surface area contributed by atoms with E-state index in [0.717, 1.165) is 10.5 Å². The molecule has 0 radical (unpaired) electrons. The van der Waals surface area contributed by atoms with Gasteiger partial charge in [-0.1, -0.05) is 23.7 Å². The number of nitrogens with one attached hydrogen (secondary N) is 1. The molecule has 0 saturated carbocycles. The molecule has 2 aromatic heterocycles. The summed E-state index contributed by atoms with van der Waals surface area (Å²) < 4.78 is 25.0. The number of aromatic amines is 1. The van der Waals surface area contributed by atoms with Crippen LogP contribution in [0.4, 0.5) is 0 Å². The average molecular weight is 479 g/mol. The third-order valence-electron chi connectivity index (χ3n) is 5.20. The molecule has 9 nitrogen and oxygen atoms in total. The van der Waals surface area contributed by atoms with E-state index in [4.69, 9.17) is 30.5 Å². The molecule has 0 bridgehead atoms. The topological polar surface area (TPSA) is 102 Å². The van der Waals surface area contributed by atoms with Gasteiger partial charge < -0.3 is 29.0 Å². The van der Waals surface area contributed by atoms with Crippen LogP contribution in [-0.4, -0.2) is 76.1 Å². The Hall–Kier alpha value is -2.08. The second-order valence-corrected chi connectivity index (χ2v) is 9.64. The first-order valence-electron chi connectivity index (χ1n) is 10.2. The van der Waals surface area contributed by atoms with Crippen molar-refractivity contribution in [1.82, 2.24) is 19.3 Å². The van der Waals surface area contributed by atoms with Crippen molar-refractivity contribution in [2.24, 2.45) is 0 Å². The molecule has 4 atom stereocenters. The van der Waals surface area contributed by atoms with Gasteiger partial charge in [0.15, 0.2) is 11.8 Å². The Balaban J connectivity index is 1.25. The van der Waals surface area contributed by atoms with E-state index in [0.29, 0.717) is 35.3 Å². The van der Waals surface area contributed by atoms with Crippen molar-refractivity contribution in [1.29, 1.82) is 0 Å². The first kappa shape index (κ1) is 21.7. The van der Waals surface area contributed by atoms with Crippen molar-refractivity contribution in [3.63, 3.8) is 0 Å². The largest absolute Gasteiger partial charge is 0.472 e. The highest BCUT2D eigenvalue weighted by atomic mass is 35.5. The number of pyridine rings is 1. The van der Waals surface area contributed by atoms with Gasteiger partial charge in [0.05, 0.1) is 18.7 Å². The molecule has 2 saturated heterocycles. The maximum Gasteiger partial charge on any atom is 0.296 e. The minimum Gasteiger partial charge on any atom is -0.472 e. The van der Waals surface area contributed by atoms with Gasteiger partial charge in [-0.25, -0.2) is 0 Å². The standard InChI is InChI=1S/C21H23ClN4O5S/c1-26(2)32-12-5-3-11(4-6-12)8-30-20-13(22)7-14-19(24-20)25-21(23-14)31-16-10-29-17-15(27)9-28-18(16)17/h3-7,15-18,27H,8-10H2,1-2H3,(H,23,24,25)/t15-,16-,17-,18-/m1/s1. The molecule has 5 rings (SSSR count). The number of rotatable bonds is 7. The zero-order valence-corrected chi connectivity index (χ0v) is 19.1. The molecule has 32 heavy (non-hydrogen) atoms. The zero-order valence-electron chi connectivity index (χ0n) is 17.5. The summed E-state index contributed by atoms with van der Waals surface area (Å²) in [6.45, 7) is 0.892. The molecule has 2 aliphatic rings. The summed E-state index contributed by atoms with van der Waals surface area (Å²) in [5.74, 6) is 0.301. The van der Waals surface area contributed by atoms with Crippen LogP contribution in [0.5, 0.6) is 11.9 Å². The third kappa shape index (κ3) is 4.52. The molecule has 0 unspecified atom stereocenters. The highest BCUT2D eigenvalue weighted by Crippen LogP contribution is 2.31. The van der Waals surface area contributed by atoms with Crippen LogP contribution in [0.2, 0.25) is 5.02 Å². The molecule has 3 aromatic rings. The number of H-pyrrole nitrogens is 1. The third-order valence-corrected chi connectivity index (χ3v) is 6.32. The van der Waals surface area contributed by atoms with Crippen molar-refractivity contribution < 1.29 is 24.1 Å². The number of nitrogens with zero attached hydrogens (tertiary/aromatic N) is 3. The predicted octanol–water partition coefficient (Wildman–Crippen LogP) is 2.66. The molecule has 11 heteroatoms. The monoisotopic (exact) mass is 478 g/mol. The van der Waals surface area contributed by atoms with E-state index >= 15 is 0 Å². The van der Waals surface area contributed by atoms with Crippen molar-refractivity contribution in [3.8, 4) is 11.9 Å². The number of aliphatic hydroxyl groups excluding tert-OH is 1. The van der Waals surface area contributed by atoms with Crippen LogP contribution in [0.1, 0.15) is 5.56 Å². The number of hydrogen-bond donors (Lipinski definition) is 2. The quantitative estimate of drug-likeness (QED) is 0.496. The SMILES string of the molecule is CN(C)Sc1ccc(COc2nc3nc(O[C@@H]4CO[C@H]5[C@@H]4OC[C@H]5O)[nH]c3cc2Cl)cc1. The molecule has 4 heterocycles.